The molecule has 0 bridgehead atoms. The Morgan fingerprint density at radius 3 is 2.77 bits per heavy atom. The van der Waals surface area contributed by atoms with Gasteiger partial charge in [0.05, 0.1) is 23.7 Å². The van der Waals surface area contributed by atoms with E-state index in [4.69, 9.17) is 13.9 Å². The predicted octanol–water partition coefficient (Wildman–Crippen LogP) is 6.42. The van der Waals surface area contributed by atoms with Crippen LogP contribution in [0.1, 0.15) is 44.1 Å². The quantitative estimate of drug-likeness (QED) is 0.249. The van der Waals surface area contributed by atoms with E-state index in [1.54, 1.807) is 23.3 Å². The molecule has 1 unspecified atom stereocenters. The Kier molecular flexibility index (Phi) is 7.41. The van der Waals surface area contributed by atoms with Crippen molar-refractivity contribution in [3.63, 3.8) is 0 Å². The first-order valence-electron chi connectivity index (χ1n) is 13.8. The van der Waals surface area contributed by atoms with Gasteiger partial charge in [-0.2, -0.15) is 0 Å². The fourth-order valence-electron chi connectivity index (χ4n) is 5.35. The molecule has 4 aliphatic rings. The van der Waals surface area contributed by atoms with Crippen molar-refractivity contribution in [2.24, 2.45) is 0 Å². The number of rotatable bonds is 6. The van der Waals surface area contributed by atoms with Gasteiger partial charge in [-0.3, -0.25) is 0 Å². The Morgan fingerprint density at radius 2 is 2.08 bits per heavy atom. The molecule has 5 rings (SSSR count). The number of carbonyl (C=O) groups excluding carboxylic acids is 1. The van der Waals surface area contributed by atoms with Gasteiger partial charge in [-0.25, -0.2) is 9.18 Å². The summed E-state index contributed by atoms with van der Waals surface area (Å²) in [6.07, 6.45) is 11.9. The molecular weight excluding hydrogens is 513 g/mol. The SMILES string of the molecule is CC(C)(C)OC(=O)N1CC=C(C2Cc3occ4c3C(=C3NC=CC=C3C(F)=C4)N2COCC[Si](C)(C)C)CC1. The molecule has 0 saturated heterocycles. The van der Waals surface area contributed by atoms with Crippen molar-refractivity contribution in [3.8, 4) is 0 Å². The number of nitrogens with zero attached hydrogens (tertiary/aromatic N) is 2. The monoisotopic (exact) mass is 553 g/mol. The molecule has 1 aromatic rings. The maximum atomic E-state index is 15.4. The van der Waals surface area contributed by atoms with Crippen molar-refractivity contribution >= 4 is 25.9 Å². The number of nitrogens with one attached hydrogen (secondary N) is 1. The molecule has 7 nitrogen and oxygen atoms in total. The normalized spacial score (nSPS) is 20.9. The smallest absolute Gasteiger partial charge is 0.410 e. The summed E-state index contributed by atoms with van der Waals surface area (Å²) in [6.45, 7) is 14.8. The van der Waals surface area contributed by atoms with E-state index in [1.807, 2.05) is 33.0 Å². The number of dihydropyridines is 1. The van der Waals surface area contributed by atoms with Gasteiger partial charge in [-0.1, -0.05) is 25.7 Å². The van der Waals surface area contributed by atoms with E-state index in [0.29, 0.717) is 44.8 Å². The molecule has 3 aliphatic heterocycles. The first-order chi connectivity index (χ1) is 18.4. The number of furan rings is 1. The number of amides is 1. The third kappa shape index (κ3) is 5.94. The summed E-state index contributed by atoms with van der Waals surface area (Å²) in [6, 6.07) is 1.02. The van der Waals surface area contributed by atoms with E-state index < -0.39 is 13.7 Å². The van der Waals surface area contributed by atoms with Gasteiger partial charge >= 0.3 is 6.09 Å². The lowest BCUT2D eigenvalue weighted by Crippen LogP contribution is -2.46. The minimum Gasteiger partial charge on any atom is -0.468 e. The summed E-state index contributed by atoms with van der Waals surface area (Å²) < 4.78 is 33.3. The average molecular weight is 554 g/mol. The van der Waals surface area contributed by atoms with E-state index in [0.717, 1.165) is 34.3 Å². The molecule has 0 fully saturated rings. The Balaban J connectivity index is 1.49. The molecule has 0 radical (unpaired) electrons. The van der Waals surface area contributed by atoms with Crippen molar-refractivity contribution in [3.05, 3.63) is 70.2 Å². The van der Waals surface area contributed by atoms with Gasteiger partial charge in [0, 0.05) is 57.1 Å². The lowest BCUT2D eigenvalue weighted by molar-refractivity contribution is 0.0251. The van der Waals surface area contributed by atoms with Gasteiger partial charge in [0.25, 0.3) is 0 Å². The second-order valence-electron chi connectivity index (χ2n) is 12.8. The van der Waals surface area contributed by atoms with Crippen molar-refractivity contribution in [1.82, 2.24) is 15.1 Å². The Labute approximate surface area is 231 Å². The highest BCUT2D eigenvalue weighted by Gasteiger charge is 2.40. The molecule has 39 heavy (non-hydrogen) atoms. The van der Waals surface area contributed by atoms with Crippen LogP contribution in [0, 0.1) is 0 Å². The van der Waals surface area contributed by atoms with Crippen LogP contribution in [0.15, 0.2) is 57.8 Å². The second-order valence-corrected chi connectivity index (χ2v) is 18.4. The third-order valence-electron chi connectivity index (χ3n) is 7.36. The minimum absolute atomic E-state index is 0.0400. The van der Waals surface area contributed by atoms with Gasteiger partial charge in [0.15, 0.2) is 0 Å². The molecule has 4 heterocycles. The van der Waals surface area contributed by atoms with E-state index in [9.17, 15) is 4.79 Å². The lowest BCUT2D eigenvalue weighted by Gasteiger charge is -2.42. The summed E-state index contributed by atoms with van der Waals surface area (Å²) in [7, 11) is -1.26. The second kappa shape index (κ2) is 10.5. The number of hydrogen-bond donors (Lipinski definition) is 1. The maximum absolute atomic E-state index is 15.4. The van der Waals surface area contributed by atoms with Gasteiger partial charge in [-0.05, 0) is 57.0 Å². The molecule has 9 heteroatoms. The average Bonchev–Trinajstić information content (AvgIpc) is 3.21. The van der Waals surface area contributed by atoms with Gasteiger partial charge in [0.1, 0.15) is 23.9 Å². The third-order valence-corrected chi connectivity index (χ3v) is 9.06. The van der Waals surface area contributed by atoms with Crippen molar-refractivity contribution in [2.75, 3.05) is 26.4 Å². The molecule has 0 spiro atoms. The highest BCUT2D eigenvalue weighted by atomic mass is 28.3. The largest absolute Gasteiger partial charge is 0.468 e. The molecule has 1 amide bonds. The van der Waals surface area contributed by atoms with E-state index in [2.05, 4.69) is 35.9 Å². The summed E-state index contributed by atoms with van der Waals surface area (Å²) in [5, 5.41) is 3.33. The standard InChI is InChI=1S/C30H40FN3O4Si/c1-30(2,3)38-29(35)33-12-9-20(10-13-33)24-17-25-26-21(18-37-25)16-23(31)22-8-7-11-32-27(22)28(26)34(24)19-36-14-15-39(4,5)6/h7-9,11,16,18,24,32H,10,12-15,17,19H2,1-6H3. The number of halogens is 1. The topological polar surface area (TPSA) is 67.2 Å². The Hall–Kier alpha value is -3.04. The molecule has 0 aromatic carbocycles. The van der Waals surface area contributed by atoms with Crippen LogP contribution in [-0.2, 0) is 15.9 Å². The van der Waals surface area contributed by atoms with E-state index >= 15 is 4.39 Å². The highest BCUT2D eigenvalue weighted by Crippen LogP contribution is 2.45. The first kappa shape index (κ1) is 27.5. The fourth-order valence-corrected chi connectivity index (χ4v) is 6.10. The Bertz CT molecular complexity index is 1290. The van der Waals surface area contributed by atoms with Gasteiger partial charge in [-0.15, -0.1) is 0 Å². The highest BCUT2D eigenvalue weighted by molar-refractivity contribution is 6.76. The molecule has 1 aliphatic carbocycles. The fraction of sp³-hybridized carbons (Fsp3) is 0.500. The minimum atomic E-state index is -1.26. The molecule has 210 valence electrons. The zero-order valence-corrected chi connectivity index (χ0v) is 24.9. The molecule has 0 saturated carbocycles. The van der Waals surface area contributed by atoms with Crippen LogP contribution in [0.25, 0.3) is 11.8 Å². The van der Waals surface area contributed by atoms with Crippen LogP contribution in [0.2, 0.25) is 25.7 Å². The zero-order chi connectivity index (χ0) is 27.9. The van der Waals surface area contributed by atoms with E-state index in [1.165, 1.54) is 5.57 Å². The summed E-state index contributed by atoms with van der Waals surface area (Å²) in [4.78, 5) is 16.7. The number of fused-ring (bicyclic) bond motifs is 1. The number of hydrogen-bond acceptors (Lipinski definition) is 6. The van der Waals surface area contributed by atoms with Crippen molar-refractivity contribution in [1.29, 1.82) is 0 Å². The first-order valence-corrected chi connectivity index (χ1v) is 17.5. The van der Waals surface area contributed by atoms with Crippen molar-refractivity contribution in [2.45, 2.75) is 70.9 Å². The summed E-state index contributed by atoms with van der Waals surface area (Å²) >= 11 is 0. The Morgan fingerprint density at radius 1 is 1.28 bits per heavy atom. The molecule has 1 aromatic heterocycles. The van der Waals surface area contributed by atoms with Crippen molar-refractivity contribution < 1.29 is 23.1 Å². The summed E-state index contributed by atoms with van der Waals surface area (Å²) in [5.41, 5.74) is 4.48. The van der Waals surface area contributed by atoms with E-state index in [-0.39, 0.29) is 18.0 Å². The number of ether oxygens (including phenoxy) is 2. The van der Waals surface area contributed by atoms with Gasteiger partial charge < -0.3 is 29.0 Å². The van der Waals surface area contributed by atoms with Crippen LogP contribution < -0.4 is 5.32 Å². The maximum Gasteiger partial charge on any atom is 0.410 e. The van der Waals surface area contributed by atoms with Crippen LogP contribution in [0.5, 0.6) is 0 Å². The number of carbonyl (C=O) groups is 1. The molecular formula is C30H40FN3O4Si. The van der Waals surface area contributed by atoms with Gasteiger partial charge in [0.2, 0.25) is 0 Å². The summed E-state index contributed by atoms with van der Waals surface area (Å²) in [5.74, 6) is 0.543. The predicted molar refractivity (Wildman–Crippen MR) is 154 cm³/mol. The molecule has 1 atom stereocenters. The van der Waals surface area contributed by atoms with Crippen LogP contribution in [0.4, 0.5) is 9.18 Å². The van der Waals surface area contributed by atoms with Crippen LogP contribution in [0.3, 0.4) is 0 Å². The number of allylic oxidation sites excluding steroid dienone is 3. The van der Waals surface area contributed by atoms with Crippen LogP contribution in [-0.4, -0.2) is 62.0 Å². The molecule has 1 N–H and O–H groups in total. The van der Waals surface area contributed by atoms with Crippen LogP contribution >= 0.6 is 0 Å². The lowest BCUT2D eigenvalue weighted by atomic mass is 9.87. The zero-order valence-electron chi connectivity index (χ0n) is 23.9.